The van der Waals surface area contributed by atoms with Crippen LogP contribution in [0.25, 0.3) is 0 Å². The zero-order valence-corrected chi connectivity index (χ0v) is 17.6. The number of hydrogen-bond donors (Lipinski definition) is 1. The molecule has 3 aromatic rings. The molecule has 0 heterocycles. The third kappa shape index (κ3) is 5.03. The summed E-state index contributed by atoms with van der Waals surface area (Å²) in [7, 11) is 0. The van der Waals surface area contributed by atoms with Crippen LogP contribution in [0, 0.1) is 17.1 Å². The average molecular weight is 488 g/mol. The van der Waals surface area contributed by atoms with E-state index >= 15 is 0 Å². The van der Waals surface area contributed by atoms with Crippen molar-refractivity contribution in [2.75, 3.05) is 11.9 Å². The minimum absolute atomic E-state index is 0.101. The van der Waals surface area contributed by atoms with E-state index in [1.54, 1.807) is 48.5 Å². The Kier molecular flexibility index (Phi) is 6.83. The summed E-state index contributed by atoms with van der Waals surface area (Å²) in [6.07, 6.45) is 0. The van der Waals surface area contributed by atoms with Gasteiger partial charge in [-0.05, 0) is 54.6 Å². The van der Waals surface area contributed by atoms with Crippen LogP contribution in [0.2, 0.25) is 5.02 Å². The molecular formula is C22H13BrClFN2O3. The molecule has 0 aromatic heterocycles. The van der Waals surface area contributed by atoms with Crippen molar-refractivity contribution < 1.29 is 18.7 Å². The monoisotopic (exact) mass is 486 g/mol. The molecule has 30 heavy (non-hydrogen) atoms. The molecule has 0 fully saturated rings. The van der Waals surface area contributed by atoms with E-state index in [9.17, 15) is 14.0 Å². The fourth-order valence-electron chi connectivity index (χ4n) is 2.58. The molecule has 0 aliphatic carbocycles. The zero-order chi connectivity index (χ0) is 21.7. The van der Waals surface area contributed by atoms with Crippen molar-refractivity contribution in [1.82, 2.24) is 0 Å². The molecule has 0 saturated carbocycles. The van der Waals surface area contributed by atoms with Crippen molar-refractivity contribution >= 4 is 44.9 Å². The number of nitrogens with zero attached hydrogens (tertiary/aromatic N) is 1. The minimum atomic E-state index is -0.802. The highest BCUT2D eigenvalue weighted by atomic mass is 79.9. The summed E-state index contributed by atoms with van der Waals surface area (Å²) in [5.41, 5.74) is 0.582. The highest BCUT2D eigenvalue weighted by Crippen LogP contribution is 2.25. The molecule has 0 radical (unpaired) electrons. The average Bonchev–Trinajstić information content (AvgIpc) is 2.75. The maximum absolute atomic E-state index is 14.0. The number of carbonyl (C=O) groups excluding carboxylic acids is 2. The van der Waals surface area contributed by atoms with E-state index in [-0.39, 0.29) is 23.6 Å². The molecule has 8 heteroatoms. The molecule has 0 spiro atoms. The third-order valence-electron chi connectivity index (χ3n) is 4.05. The summed E-state index contributed by atoms with van der Waals surface area (Å²) < 4.78 is 20.0. The Morgan fingerprint density at radius 2 is 1.87 bits per heavy atom. The smallest absolute Gasteiger partial charge is 0.262 e. The summed E-state index contributed by atoms with van der Waals surface area (Å²) in [6, 6.07) is 17.0. The van der Waals surface area contributed by atoms with Gasteiger partial charge in [-0.15, -0.1) is 0 Å². The van der Waals surface area contributed by atoms with Gasteiger partial charge in [0.25, 0.3) is 5.91 Å². The number of rotatable bonds is 6. The van der Waals surface area contributed by atoms with Crippen LogP contribution in [0.3, 0.4) is 0 Å². The Morgan fingerprint density at radius 3 is 2.57 bits per heavy atom. The second-order valence-corrected chi connectivity index (χ2v) is 7.38. The number of nitrogens with one attached hydrogen (secondary N) is 1. The van der Waals surface area contributed by atoms with Gasteiger partial charge in [0.15, 0.2) is 18.2 Å². The number of anilines is 1. The highest BCUT2D eigenvalue weighted by Gasteiger charge is 2.14. The van der Waals surface area contributed by atoms with Gasteiger partial charge in [-0.1, -0.05) is 33.6 Å². The van der Waals surface area contributed by atoms with Crippen molar-refractivity contribution in [1.29, 1.82) is 5.26 Å². The lowest BCUT2D eigenvalue weighted by Gasteiger charge is -2.09. The maximum atomic E-state index is 14.0. The summed E-state index contributed by atoms with van der Waals surface area (Å²) in [5.74, 6) is -1.25. The Labute approximate surface area is 185 Å². The molecule has 3 rings (SSSR count). The van der Waals surface area contributed by atoms with Crippen LogP contribution in [0.4, 0.5) is 10.1 Å². The van der Waals surface area contributed by atoms with Crippen LogP contribution < -0.4 is 10.1 Å². The van der Waals surface area contributed by atoms with E-state index in [0.29, 0.717) is 26.4 Å². The molecule has 0 atom stereocenters. The summed E-state index contributed by atoms with van der Waals surface area (Å²) in [6.45, 7) is -0.372. The fraction of sp³-hybridized carbons (Fsp3) is 0.0455. The lowest BCUT2D eigenvalue weighted by Crippen LogP contribution is -2.21. The molecule has 150 valence electrons. The van der Waals surface area contributed by atoms with Gasteiger partial charge in [-0.3, -0.25) is 9.59 Å². The quantitative estimate of drug-likeness (QED) is 0.475. The molecule has 0 unspecified atom stereocenters. The third-order valence-corrected chi connectivity index (χ3v) is 4.98. The van der Waals surface area contributed by atoms with Gasteiger partial charge in [0.1, 0.15) is 11.8 Å². The minimum Gasteiger partial charge on any atom is -0.484 e. The Hall–Kier alpha value is -3.21. The predicted molar refractivity (Wildman–Crippen MR) is 114 cm³/mol. The van der Waals surface area contributed by atoms with E-state index in [0.717, 1.165) is 0 Å². The van der Waals surface area contributed by atoms with Crippen LogP contribution in [0.1, 0.15) is 21.5 Å². The van der Waals surface area contributed by atoms with E-state index in [4.69, 9.17) is 21.6 Å². The number of halogens is 3. The van der Waals surface area contributed by atoms with Crippen molar-refractivity contribution in [2.24, 2.45) is 0 Å². The number of ether oxygens (including phenoxy) is 1. The van der Waals surface area contributed by atoms with Crippen molar-refractivity contribution in [2.45, 2.75) is 0 Å². The number of carbonyl (C=O) groups is 2. The van der Waals surface area contributed by atoms with Crippen LogP contribution in [0.15, 0.2) is 65.1 Å². The van der Waals surface area contributed by atoms with Crippen LogP contribution in [0.5, 0.6) is 5.75 Å². The molecule has 0 saturated heterocycles. The second-order valence-electron chi connectivity index (χ2n) is 6.09. The number of nitriles is 1. The first-order valence-corrected chi connectivity index (χ1v) is 9.77. The Morgan fingerprint density at radius 1 is 1.13 bits per heavy atom. The Balaban J connectivity index is 1.62. The van der Waals surface area contributed by atoms with Gasteiger partial charge in [0, 0.05) is 20.6 Å². The zero-order valence-electron chi connectivity index (χ0n) is 15.3. The first-order valence-electron chi connectivity index (χ1n) is 8.60. The van der Waals surface area contributed by atoms with Gasteiger partial charge in [-0.25, -0.2) is 4.39 Å². The van der Waals surface area contributed by atoms with E-state index in [1.165, 1.54) is 18.2 Å². The fourth-order valence-corrected chi connectivity index (χ4v) is 3.18. The normalized spacial score (nSPS) is 10.2. The van der Waals surface area contributed by atoms with E-state index < -0.39 is 11.7 Å². The number of ketones is 1. The molecule has 3 aromatic carbocycles. The Bertz CT molecular complexity index is 1160. The summed E-state index contributed by atoms with van der Waals surface area (Å²) in [5, 5.41) is 11.6. The van der Waals surface area contributed by atoms with Gasteiger partial charge < -0.3 is 10.1 Å². The molecule has 0 aliphatic heterocycles. The highest BCUT2D eigenvalue weighted by molar-refractivity contribution is 9.10. The second kappa shape index (κ2) is 9.53. The summed E-state index contributed by atoms with van der Waals surface area (Å²) >= 11 is 9.29. The maximum Gasteiger partial charge on any atom is 0.262 e. The van der Waals surface area contributed by atoms with Gasteiger partial charge in [0.05, 0.1) is 11.3 Å². The lowest BCUT2D eigenvalue weighted by molar-refractivity contribution is -0.118. The first kappa shape index (κ1) is 21.5. The van der Waals surface area contributed by atoms with E-state index in [1.807, 2.05) is 0 Å². The van der Waals surface area contributed by atoms with Crippen molar-refractivity contribution in [3.8, 4) is 11.8 Å². The van der Waals surface area contributed by atoms with Gasteiger partial charge in [-0.2, -0.15) is 5.26 Å². The molecule has 1 amide bonds. The lowest BCUT2D eigenvalue weighted by atomic mass is 10.0. The molecular weight excluding hydrogens is 475 g/mol. The molecule has 5 nitrogen and oxygen atoms in total. The molecule has 0 aliphatic rings. The number of amides is 1. The SMILES string of the molecule is N#Cc1cccc(NC(=O)COc2ccc(C(=O)c3cc(Cl)ccc3Br)cc2)c1F. The number of hydrogen-bond acceptors (Lipinski definition) is 4. The first-order chi connectivity index (χ1) is 14.4. The van der Waals surface area contributed by atoms with Crippen molar-refractivity contribution in [3.63, 3.8) is 0 Å². The number of benzene rings is 3. The van der Waals surface area contributed by atoms with E-state index in [2.05, 4.69) is 21.2 Å². The van der Waals surface area contributed by atoms with Gasteiger partial charge >= 0.3 is 0 Å². The van der Waals surface area contributed by atoms with Crippen LogP contribution in [-0.4, -0.2) is 18.3 Å². The topological polar surface area (TPSA) is 79.2 Å². The van der Waals surface area contributed by atoms with Crippen LogP contribution in [-0.2, 0) is 4.79 Å². The molecule has 0 bridgehead atoms. The van der Waals surface area contributed by atoms with Crippen LogP contribution >= 0.6 is 27.5 Å². The molecule has 1 N–H and O–H groups in total. The largest absolute Gasteiger partial charge is 0.484 e. The predicted octanol–water partition coefficient (Wildman–Crippen LogP) is 5.36. The van der Waals surface area contributed by atoms with Crippen molar-refractivity contribution in [3.05, 3.63) is 92.7 Å². The summed E-state index contributed by atoms with van der Waals surface area (Å²) in [4.78, 5) is 24.6. The van der Waals surface area contributed by atoms with Gasteiger partial charge in [0.2, 0.25) is 0 Å². The standard InChI is InChI=1S/C22H13BrClFN2O3/c23-18-9-6-15(24)10-17(18)22(29)13-4-7-16(8-5-13)30-12-20(28)27-19-3-1-2-14(11-26)21(19)25/h1-10H,12H2,(H,27,28).